The first-order valence-corrected chi connectivity index (χ1v) is 8.72. The summed E-state index contributed by atoms with van der Waals surface area (Å²) in [6.45, 7) is 4.08. The Morgan fingerprint density at radius 1 is 1.28 bits per heavy atom. The number of hydrogen-bond acceptors (Lipinski definition) is 4. The molecule has 0 radical (unpaired) electrons. The zero-order valence-corrected chi connectivity index (χ0v) is 15.3. The van der Waals surface area contributed by atoms with Crippen molar-refractivity contribution in [1.29, 1.82) is 0 Å². The van der Waals surface area contributed by atoms with Gasteiger partial charge in [-0.2, -0.15) is 8.78 Å². The number of pyridine rings is 1. The Morgan fingerprint density at radius 2 is 1.92 bits per heavy atom. The second-order valence-electron chi connectivity index (χ2n) is 6.45. The van der Waals surface area contributed by atoms with Crippen molar-refractivity contribution < 1.29 is 18.3 Å². The average Bonchev–Trinajstić information content (AvgIpc) is 2.57. The number of aryl methyl sites for hydroxylation is 2. The van der Waals surface area contributed by atoms with Crippen LogP contribution < -0.4 is 4.74 Å². The van der Waals surface area contributed by atoms with Crippen LogP contribution in [-0.2, 0) is 4.74 Å². The van der Waals surface area contributed by atoms with Crippen LogP contribution in [0, 0.1) is 13.8 Å². The fourth-order valence-corrected chi connectivity index (χ4v) is 2.75. The summed E-state index contributed by atoms with van der Waals surface area (Å²) in [6.07, 6.45) is 3.95. The molecule has 1 aliphatic carbocycles. The van der Waals surface area contributed by atoms with Crippen LogP contribution in [0.3, 0.4) is 0 Å². The van der Waals surface area contributed by atoms with Crippen molar-refractivity contribution in [2.75, 3.05) is 13.6 Å². The minimum atomic E-state index is -2.70. The summed E-state index contributed by atoms with van der Waals surface area (Å²) in [5.41, 5.74) is 2.54. The smallest absolute Gasteiger partial charge is 0.345 e. The summed E-state index contributed by atoms with van der Waals surface area (Å²) in [5, 5.41) is 0. The maximum atomic E-state index is 12.3. The van der Waals surface area contributed by atoms with Gasteiger partial charge in [-0.25, -0.2) is 9.98 Å². The van der Waals surface area contributed by atoms with Gasteiger partial charge in [0.2, 0.25) is 5.88 Å². The number of nitrogens with zero attached hydrogens (tertiary/aromatic N) is 3. The van der Waals surface area contributed by atoms with Gasteiger partial charge in [0.25, 0.3) is 0 Å². The van der Waals surface area contributed by atoms with Gasteiger partial charge in [-0.05, 0) is 52.5 Å². The number of ether oxygens (including phenoxy) is 2. The molecule has 0 amide bonds. The highest BCUT2D eigenvalue weighted by Gasteiger charge is 2.25. The molecular weight excluding hydrogens is 328 g/mol. The van der Waals surface area contributed by atoms with Crippen molar-refractivity contribution in [3.05, 3.63) is 17.3 Å². The highest BCUT2D eigenvalue weighted by Crippen LogP contribution is 2.29. The minimum Gasteiger partial charge on any atom is -0.474 e. The van der Waals surface area contributed by atoms with Crippen LogP contribution in [0.4, 0.5) is 14.5 Å². The van der Waals surface area contributed by atoms with Gasteiger partial charge in [0.15, 0.2) is 0 Å². The van der Waals surface area contributed by atoms with E-state index in [-0.39, 0.29) is 12.2 Å². The molecule has 1 aromatic heterocycles. The monoisotopic (exact) mass is 355 g/mol. The molecule has 0 aliphatic heterocycles. The van der Waals surface area contributed by atoms with Crippen LogP contribution in [0.5, 0.6) is 5.88 Å². The van der Waals surface area contributed by atoms with Crippen LogP contribution in [0.2, 0.25) is 0 Å². The van der Waals surface area contributed by atoms with Gasteiger partial charge in [0, 0.05) is 19.2 Å². The maximum Gasteiger partial charge on any atom is 0.345 e. The lowest BCUT2D eigenvalue weighted by molar-refractivity contribution is -0.173. The van der Waals surface area contributed by atoms with Gasteiger partial charge in [0.05, 0.1) is 23.8 Å². The molecule has 1 fully saturated rings. The second-order valence-corrected chi connectivity index (χ2v) is 6.45. The van der Waals surface area contributed by atoms with E-state index in [2.05, 4.69) is 21.6 Å². The molecule has 0 unspecified atom stereocenters. The van der Waals surface area contributed by atoms with Crippen molar-refractivity contribution in [2.24, 2.45) is 4.99 Å². The topological polar surface area (TPSA) is 47.0 Å². The molecule has 1 aliphatic rings. The molecule has 7 heteroatoms. The summed E-state index contributed by atoms with van der Waals surface area (Å²) in [5.74, 6) is 0.596. The lowest BCUT2D eigenvalue weighted by Gasteiger charge is -2.28. The van der Waals surface area contributed by atoms with Gasteiger partial charge in [-0.15, -0.1) is 0 Å². The fourth-order valence-electron chi connectivity index (χ4n) is 2.75. The van der Waals surface area contributed by atoms with Crippen LogP contribution >= 0.6 is 0 Å². The molecule has 25 heavy (non-hydrogen) atoms. The number of halogens is 2. The number of aliphatic imine (C=N–C) groups is 1. The first-order valence-electron chi connectivity index (χ1n) is 8.72. The second kappa shape index (κ2) is 9.08. The van der Waals surface area contributed by atoms with E-state index in [1.807, 2.05) is 31.9 Å². The Morgan fingerprint density at radius 3 is 2.52 bits per heavy atom. The Hall–Kier alpha value is -1.76. The van der Waals surface area contributed by atoms with Crippen molar-refractivity contribution in [3.63, 3.8) is 0 Å². The van der Waals surface area contributed by atoms with E-state index in [1.165, 1.54) is 0 Å². The molecule has 0 atom stereocenters. The normalized spacial score (nSPS) is 21.1. The fraction of sp³-hybridized carbons (Fsp3) is 0.667. The van der Waals surface area contributed by atoms with E-state index in [9.17, 15) is 8.78 Å². The van der Waals surface area contributed by atoms with Gasteiger partial charge < -0.3 is 14.4 Å². The van der Waals surface area contributed by atoms with Gasteiger partial charge in [0.1, 0.15) is 6.10 Å². The third-order valence-electron chi connectivity index (χ3n) is 4.42. The molecule has 0 N–H and O–H groups in total. The first kappa shape index (κ1) is 19.6. The summed E-state index contributed by atoms with van der Waals surface area (Å²) in [4.78, 5) is 11.0. The quantitative estimate of drug-likeness (QED) is 0.542. The van der Waals surface area contributed by atoms with Gasteiger partial charge in [-0.1, -0.05) is 0 Å². The number of aromatic nitrogens is 1. The van der Waals surface area contributed by atoms with Crippen LogP contribution in [0.15, 0.2) is 11.1 Å². The Labute approximate surface area is 148 Å². The SMILES string of the molecule is CCN(C)/C=N/c1cc(C)c(OC2CCC(OC(F)F)CC2)nc1C. The highest BCUT2D eigenvalue weighted by molar-refractivity contribution is 5.62. The molecule has 1 aromatic rings. The lowest BCUT2D eigenvalue weighted by atomic mass is 9.95. The van der Waals surface area contributed by atoms with E-state index in [0.717, 1.165) is 23.5 Å². The predicted molar refractivity (Wildman–Crippen MR) is 93.9 cm³/mol. The molecule has 0 bridgehead atoms. The summed E-state index contributed by atoms with van der Waals surface area (Å²) in [7, 11) is 1.96. The molecule has 140 valence electrons. The Balaban J connectivity index is 1.97. The largest absolute Gasteiger partial charge is 0.474 e. The van der Waals surface area contributed by atoms with Gasteiger partial charge >= 0.3 is 6.61 Å². The van der Waals surface area contributed by atoms with Crippen molar-refractivity contribution in [2.45, 2.75) is 65.3 Å². The third kappa shape index (κ3) is 5.92. The highest BCUT2D eigenvalue weighted by atomic mass is 19.3. The molecular formula is C18H27F2N3O2. The molecule has 0 saturated heterocycles. The Bertz CT molecular complexity index is 588. The van der Waals surface area contributed by atoms with Crippen LogP contribution in [0.1, 0.15) is 43.9 Å². The summed E-state index contributed by atoms with van der Waals surface area (Å²) < 4.78 is 35.1. The predicted octanol–water partition coefficient (Wildman–Crippen LogP) is 4.24. The van der Waals surface area contributed by atoms with E-state index >= 15 is 0 Å². The zero-order chi connectivity index (χ0) is 18.4. The minimum absolute atomic E-state index is 0.0105. The van der Waals surface area contributed by atoms with E-state index in [1.54, 1.807) is 6.34 Å². The lowest BCUT2D eigenvalue weighted by Crippen LogP contribution is -2.29. The van der Waals surface area contributed by atoms with Gasteiger partial charge in [-0.3, -0.25) is 0 Å². The molecule has 1 heterocycles. The summed E-state index contributed by atoms with van der Waals surface area (Å²) in [6, 6.07) is 1.96. The van der Waals surface area contributed by atoms with Crippen molar-refractivity contribution in [3.8, 4) is 5.88 Å². The molecule has 0 aromatic carbocycles. The van der Waals surface area contributed by atoms with Crippen LogP contribution in [0.25, 0.3) is 0 Å². The third-order valence-corrected chi connectivity index (χ3v) is 4.42. The van der Waals surface area contributed by atoms with Crippen molar-refractivity contribution >= 4 is 12.0 Å². The number of rotatable bonds is 7. The Kier molecular flexibility index (Phi) is 7.11. The molecule has 2 rings (SSSR count). The van der Waals surface area contributed by atoms with Crippen molar-refractivity contribution in [1.82, 2.24) is 9.88 Å². The summed E-state index contributed by atoms with van der Waals surface area (Å²) >= 11 is 0. The van der Waals surface area contributed by atoms with E-state index in [4.69, 9.17) is 4.74 Å². The van der Waals surface area contributed by atoms with Crippen LogP contribution in [-0.4, -0.2) is 48.6 Å². The molecule has 1 saturated carbocycles. The average molecular weight is 355 g/mol. The standard InChI is InChI=1S/C18H27F2N3O2/c1-5-23(4)11-21-16-10-12(2)17(22-13(16)3)24-14-6-8-15(9-7-14)25-18(19)20/h10-11,14-15,18H,5-9H2,1-4H3/b21-11+. The maximum absolute atomic E-state index is 12.3. The van der Waals surface area contributed by atoms with E-state index < -0.39 is 6.61 Å². The van der Waals surface area contributed by atoms with E-state index in [0.29, 0.717) is 31.6 Å². The number of hydrogen-bond donors (Lipinski definition) is 0. The number of alkyl halides is 2. The zero-order valence-electron chi connectivity index (χ0n) is 15.3. The molecule has 0 spiro atoms. The first-order chi connectivity index (χ1) is 11.9. The molecule has 5 nitrogen and oxygen atoms in total.